The standard InChI is InChI=1S/C16H21NO2/c1-10-5-7-15(18)14(9-10)12(3)17-13(4)16-8-6-11(2)19-16/h5-9,12-13,17-18H,1-4H3. The minimum Gasteiger partial charge on any atom is -0.508 e. The number of furan rings is 1. The van der Waals surface area contributed by atoms with E-state index >= 15 is 0 Å². The Hall–Kier alpha value is -1.74. The van der Waals surface area contributed by atoms with E-state index in [4.69, 9.17) is 4.42 Å². The van der Waals surface area contributed by atoms with Crippen LogP contribution in [0.3, 0.4) is 0 Å². The number of aryl methyl sites for hydroxylation is 2. The van der Waals surface area contributed by atoms with Gasteiger partial charge < -0.3 is 14.8 Å². The maximum atomic E-state index is 9.93. The normalized spacial score (nSPS) is 14.3. The smallest absolute Gasteiger partial charge is 0.120 e. The van der Waals surface area contributed by atoms with Gasteiger partial charge in [-0.3, -0.25) is 0 Å². The third-order valence-electron chi connectivity index (χ3n) is 3.34. The molecule has 0 radical (unpaired) electrons. The zero-order valence-electron chi connectivity index (χ0n) is 11.9. The lowest BCUT2D eigenvalue weighted by atomic mass is 10.0. The zero-order chi connectivity index (χ0) is 14.0. The summed E-state index contributed by atoms with van der Waals surface area (Å²) in [5.74, 6) is 2.15. The van der Waals surface area contributed by atoms with E-state index in [0.717, 1.165) is 22.6 Å². The van der Waals surface area contributed by atoms with E-state index in [9.17, 15) is 5.11 Å². The van der Waals surface area contributed by atoms with Crippen LogP contribution in [0.25, 0.3) is 0 Å². The van der Waals surface area contributed by atoms with E-state index in [-0.39, 0.29) is 12.1 Å². The summed E-state index contributed by atoms with van der Waals surface area (Å²) in [5, 5.41) is 13.4. The van der Waals surface area contributed by atoms with E-state index in [0.29, 0.717) is 5.75 Å². The first-order valence-electron chi connectivity index (χ1n) is 6.59. The van der Waals surface area contributed by atoms with Crippen LogP contribution >= 0.6 is 0 Å². The molecule has 3 nitrogen and oxygen atoms in total. The van der Waals surface area contributed by atoms with Crippen molar-refractivity contribution in [1.82, 2.24) is 5.32 Å². The van der Waals surface area contributed by atoms with Crippen molar-refractivity contribution in [3.05, 3.63) is 53.0 Å². The molecule has 0 saturated carbocycles. The van der Waals surface area contributed by atoms with Crippen molar-refractivity contribution >= 4 is 0 Å². The number of aromatic hydroxyl groups is 1. The summed E-state index contributed by atoms with van der Waals surface area (Å²) in [6.07, 6.45) is 0. The molecule has 1 aromatic heterocycles. The van der Waals surface area contributed by atoms with Gasteiger partial charge in [0.2, 0.25) is 0 Å². The molecule has 0 bridgehead atoms. The SMILES string of the molecule is Cc1ccc(O)c(C(C)NC(C)c2ccc(C)o2)c1. The van der Waals surface area contributed by atoms with Crippen molar-refractivity contribution in [2.24, 2.45) is 0 Å². The van der Waals surface area contributed by atoms with Crippen LogP contribution in [0.1, 0.15) is 48.6 Å². The molecular formula is C16H21NO2. The number of hydrogen-bond acceptors (Lipinski definition) is 3. The highest BCUT2D eigenvalue weighted by atomic mass is 16.3. The molecule has 2 atom stereocenters. The third-order valence-corrected chi connectivity index (χ3v) is 3.34. The average Bonchev–Trinajstić information content (AvgIpc) is 2.79. The molecule has 0 aliphatic rings. The number of phenols is 1. The predicted molar refractivity (Wildman–Crippen MR) is 76.3 cm³/mol. The van der Waals surface area contributed by atoms with Gasteiger partial charge in [0.15, 0.2) is 0 Å². The minimum absolute atomic E-state index is 0.0558. The summed E-state index contributed by atoms with van der Waals surface area (Å²) in [6.45, 7) is 8.06. The summed E-state index contributed by atoms with van der Waals surface area (Å²) in [5.41, 5.74) is 2.05. The Balaban J connectivity index is 2.12. The van der Waals surface area contributed by atoms with E-state index in [1.807, 2.05) is 45.0 Å². The van der Waals surface area contributed by atoms with Crippen LogP contribution in [0.2, 0.25) is 0 Å². The van der Waals surface area contributed by atoms with Crippen LogP contribution in [0.4, 0.5) is 0 Å². The fraction of sp³-hybridized carbons (Fsp3) is 0.375. The first kappa shape index (κ1) is 13.7. The number of hydrogen-bond donors (Lipinski definition) is 2. The minimum atomic E-state index is 0.0558. The highest BCUT2D eigenvalue weighted by Crippen LogP contribution is 2.27. The monoisotopic (exact) mass is 259 g/mol. The highest BCUT2D eigenvalue weighted by Gasteiger charge is 2.16. The van der Waals surface area contributed by atoms with Gasteiger partial charge in [0.25, 0.3) is 0 Å². The average molecular weight is 259 g/mol. The summed E-state index contributed by atoms with van der Waals surface area (Å²) in [7, 11) is 0. The molecule has 0 aliphatic heterocycles. The molecule has 19 heavy (non-hydrogen) atoms. The predicted octanol–water partition coefficient (Wildman–Crippen LogP) is 4.01. The van der Waals surface area contributed by atoms with Crippen molar-refractivity contribution in [3.8, 4) is 5.75 Å². The second-order valence-electron chi connectivity index (χ2n) is 5.12. The Labute approximate surface area is 114 Å². The van der Waals surface area contributed by atoms with Gasteiger partial charge in [-0.2, -0.15) is 0 Å². The van der Waals surface area contributed by atoms with Gasteiger partial charge in [0.05, 0.1) is 6.04 Å². The van der Waals surface area contributed by atoms with E-state index in [2.05, 4.69) is 12.2 Å². The lowest BCUT2D eigenvalue weighted by molar-refractivity contribution is 0.384. The third kappa shape index (κ3) is 3.18. The van der Waals surface area contributed by atoms with E-state index in [1.165, 1.54) is 0 Å². The van der Waals surface area contributed by atoms with Crippen molar-refractivity contribution in [2.45, 2.75) is 39.8 Å². The summed E-state index contributed by atoms with van der Waals surface area (Å²) in [6, 6.07) is 9.75. The maximum absolute atomic E-state index is 9.93. The topological polar surface area (TPSA) is 45.4 Å². The van der Waals surface area contributed by atoms with Gasteiger partial charge in [0.1, 0.15) is 17.3 Å². The number of benzene rings is 1. The van der Waals surface area contributed by atoms with Crippen LogP contribution in [-0.4, -0.2) is 5.11 Å². The van der Waals surface area contributed by atoms with Crippen molar-refractivity contribution in [1.29, 1.82) is 0 Å². The van der Waals surface area contributed by atoms with Crippen LogP contribution in [0.15, 0.2) is 34.7 Å². The maximum Gasteiger partial charge on any atom is 0.120 e. The molecule has 2 aromatic rings. The molecule has 102 valence electrons. The fourth-order valence-corrected chi connectivity index (χ4v) is 2.25. The van der Waals surface area contributed by atoms with Crippen LogP contribution in [-0.2, 0) is 0 Å². The van der Waals surface area contributed by atoms with Crippen molar-refractivity contribution in [2.75, 3.05) is 0 Å². The molecular weight excluding hydrogens is 238 g/mol. The molecule has 2 N–H and O–H groups in total. The molecule has 0 spiro atoms. The molecule has 0 aliphatic carbocycles. The first-order valence-corrected chi connectivity index (χ1v) is 6.59. The Morgan fingerprint density at radius 3 is 2.42 bits per heavy atom. The zero-order valence-corrected chi connectivity index (χ0v) is 11.9. The molecule has 1 heterocycles. The molecule has 2 rings (SSSR count). The lowest BCUT2D eigenvalue weighted by Crippen LogP contribution is -2.22. The number of rotatable bonds is 4. The molecule has 1 aromatic carbocycles. The largest absolute Gasteiger partial charge is 0.508 e. The highest BCUT2D eigenvalue weighted by molar-refractivity contribution is 5.37. The number of nitrogens with one attached hydrogen (secondary N) is 1. The Morgan fingerprint density at radius 1 is 1.05 bits per heavy atom. The second kappa shape index (κ2) is 5.49. The van der Waals surface area contributed by atoms with Gasteiger partial charge in [0, 0.05) is 11.6 Å². The van der Waals surface area contributed by atoms with E-state index < -0.39 is 0 Å². The summed E-state index contributed by atoms with van der Waals surface area (Å²) in [4.78, 5) is 0. The van der Waals surface area contributed by atoms with Crippen molar-refractivity contribution in [3.63, 3.8) is 0 Å². The van der Waals surface area contributed by atoms with E-state index in [1.54, 1.807) is 6.07 Å². The Morgan fingerprint density at radius 2 is 1.79 bits per heavy atom. The second-order valence-corrected chi connectivity index (χ2v) is 5.12. The van der Waals surface area contributed by atoms with Gasteiger partial charge in [-0.1, -0.05) is 17.7 Å². The van der Waals surface area contributed by atoms with Gasteiger partial charge >= 0.3 is 0 Å². The molecule has 0 fully saturated rings. The van der Waals surface area contributed by atoms with Gasteiger partial charge in [-0.15, -0.1) is 0 Å². The molecule has 0 saturated heterocycles. The Bertz CT molecular complexity index is 560. The van der Waals surface area contributed by atoms with Crippen LogP contribution in [0, 0.1) is 13.8 Å². The summed E-state index contributed by atoms with van der Waals surface area (Å²) >= 11 is 0. The Kier molecular flexibility index (Phi) is 3.96. The molecule has 0 amide bonds. The fourth-order valence-electron chi connectivity index (χ4n) is 2.25. The molecule has 2 unspecified atom stereocenters. The van der Waals surface area contributed by atoms with Crippen molar-refractivity contribution < 1.29 is 9.52 Å². The van der Waals surface area contributed by atoms with Gasteiger partial charge in [-0.25, -0.2) is 0 Å². The quantitative estimate of drug-likeness (QED) is 0.872. The first-order chi connectivity index (χ1) is 8.97. The van der Waals surface area contributed by atoms with Crippen LogP contribution in [0.5, 0.6) is 5.75 Å². The summed E-state index contributed by atoms with van der Waals surface area (Å²) < 4.78 is 5.61. The lowest BCUT2D eigenvalue weighted by Gasteiger charge is -2.20. The number of phenolic OH excluding ortho intramolecular Hbond substituents is 1. The van der Waals surface area contributed by atoms with Crippen LogP contribution < -0.4 is 5.32 Å². The van der Waals surface area contributed by atoms with Gasteiger partial charge in [-0.05, 0) is 45.9 Å². The molecule has 3 heteroatoms.